The molecule has 7 heteroatoms. The van der Waals surface area contributed by atoms with E-state index in [9.17, 15) is 4.79 Å². The molecule has 1 aromatic carbocycles. The van der Waals surface area contributed by atoms with Gasteiger partial charge in [0.15, 0.2) is 11.5 Å². The Morgan fingerprint density at radius 2 is 1.68 bits per heavy atom. The van der Waals surface area contributed by atoms with Crippen molar-refractivity contribution < 1.29 is 19.0 Å². The van der Waals surface area contributed by atoms with Crippen molar-refractivity contribution >= 4 is 18.3 Å². The van der Waals surface area contributed by atoms with Crippen LogP contribution in [0.5, 0.6) is 17.2 Å². The van der Waals surface area contributed by atoms with Gasteiger partial charge in [0.1, 0.15) is 6.10 Å². The molecule has 2 aliphatic rings. The fourth-order valence-corrected chi connectivity index (χ4v) is 3.98. The van der Waals surface area contributed by atoms with Crippen LogP contribution in [-0.4, -0.2) is 57.3 Å². The van der Waals surface area contributed by atoms with Crippen LogP contribution in [0.2, 0.25) is 0 Å². The molecular weight excluding hydrogens is 380 g/mol. The zero-order chi connectivity index (χ0) is 19.1. The Bertz CT molecular complexity index is 592. The molecule has 0 saturated carbocycles. The number of carbonyl (C=O) groups excluding carboxylic acids is 1. The van der Waals surface area contributed by atoms with E-state index in [0.29, 0.717) is 35.5 Å². The highest BCUT2D eigenvalue weighted by molar-refractivity contribution is 5.85. The Labute approximate surface area is 174 Å². The van der Waals surface area contributed by atoms with Crippen LogP contribution in [0.3, 0.4) is 0 Å². The topological polar surface area (TPSA) is 60.0 Å². The average Bonchev–Trinajstić information content (AvgIpc) is 2.73. The molecule has 0 spiro atoms. The van der Waals surface area contributed by atoms with Gasteiger partial charge in [-0.05, 0) is 50.4 Å². The lowest BCUT2D eigenvalue weighted by atomic mass is 9.93. The maximum absolute atomic E-state index is 12.5. The van der Waals surface area contributed by atoms with Crippen molar-refractivity contribution in [1.29, 1.82) is 0 Å². The van der Waals surface area contributed by atoms with Gasteiger partial charge in [-0.3, -0.25) is 4.79 Å². The highest BCUT2D eigenvalue weighted by Crippen LogP contribution is 2.38. The molecule has 1 N–H and O–H groups in total. The Kier molecular flexibility index (Phi) is 9.19. The molecule has 0 aromatic heterocycles. The minimum atomic E-state index is 0. The van der Waals surface area contributed by atoms with Gasteiger partial charge in [0.2, 0.25) is 11.7 Å². The van der Waals surface area contributed by atoms with Gasteiger partial charge in [0.05, 0.1) is 14.2 Å². The summed E-state index contributed by atoms with van der Waals surface area (Å²) in [6, 6.07) is 5.63. The first-order chi connectivity index (χ1) is 13.2. The fraction of sp³-hybridized carbons (Fsp3) is 0.667. The van der Waals surface area contributed by atoms with Crippen molar-refractivity contribution in [2.24, 2.45) is 5.92 Å². The number of rotatable bonds is 7. The Morgan fingerprint density at radius 3 is 2.25 bits per heavy atom. The van der Waals surface area contributed by atoms with E-state index in [0.717, 1.165) is 45.4 Å². The Balaban J connectivity index is 0.00000280. The molecule has 2 saturated heterocycles. The number of carbonyl (C=O) groups is 1. The van der Waals surface area contributed by atoms with Crippen LogP contribution >= 0.6 is 12.4 Å². The number of hydrogen-bond acceptors (Lipinski definition) is 5. The highest BCUT2D eigenvalue weighted by Gasteiger charge is 2.26. The third-order valence-corrected chi connectivity index (χ3v) is 5.69. The second-order valence-corrected chi connectivity index (χ2v) is 7.42. The monoisotopic (exact) mass is 412 g/mol. The zero-order valence-corrected chi connectivity index (χ0v) is 17.8. The number of nitrogens with zero attached hydrogens (tertiary/aromatic N) is 1. The van der Waals surface area contributed by atoms with Crippen molar-refractivity contribution in [1.82, 2.24) is 10.2 Å². The maximum Gasteiger partial charge on any atom is 0.222 e. The summed E-state index contributed by atoms with van der Waals surface area (Å²) in [7, 11) is 3.26. The van der Waals surface area contributed by atoms with Crippen LogP contribution in [-0.2, 0) is 4.79 Å². The third kappa shape index (κ3) is 5.92. The van der Waals surface area contributed by atoms with E-state index in [4.69, 9.17) is 14.2 Å². The van der Waals surface area contributed by atoms with Crippen molar-refractivity contribution in [2.45, 2.75) is 44.6 Å². The minimum absolute atomic E-state index is 0. The summed E-state index contributed by atoms with van der Waals surface area (Å²) < 4.78 is 17.0. The van der Waals surface area contributed by atoms with Gasteiger partial charge in [-0.25, -0.2) is 0 Å². The van der Waals surface area contributed by atoms with Gasteiger partial charge in [0, 0.05) is 32.4 Å². The van der Waals surface area contributed by atoms with Crippen molar-refractivity contribution in [3.8, 4) is 17.2 Å². The summed E-state index contributed by atoms with van der Waals surface area (Å²) in [4.78, 5) is 14.5. The lowest BCUT2D eigenvalue weighted by Gasteiger charge is -2.33. The first kappa shape index (κ1) is 22.6. The number of hydrogen-bond donors (Lipinski definition) is 1. The summed E-state index contributed by atoms with van der Waals surface area (Å²) in [5.41, 5.74) is 0. The molecule has 2 heterocycles. The first-order valence-corrected chi connectivity index (χ1v) is 10.1. The third-order valence-electron chi connectivity index (χ3n) is 5.69. The van der Waals surface area contributed by atoms with Crippen molar-refractivity contribution in [2.75, 3.05) is 40.4 Å². The molecule has 0 unspecified atom stereocenters. The molecule has 0 radical (unpaired) electrons. The zero-order valence-electron chi connectivity index (χ0n) is 16.9. The van der Waals surface area contributed by atoms with Crippen LogP contribution in [0, 0.1) is 5.92 Å². The van der Waals surface area contributed by atoms with Gasteiger partial charge < -0.3 is 24.4 Å². The molecule has 1 amide bonds. The lowest BCUT2D eigenvalue weighted by molar-refractivity contribution is -0.133. The predicted molar refractivity (Wildman–Crippen MR) is 112 cm³/mol. The molecule has 6 nitrogen and oxygen atoms in total. The molecule has 2 aliphatic heterocycles. The minimum Gasteiger partial charge on any atom is -0.493 e. The number of halogens is 1. The van der Waals surface area contributed by atoms with E-state index in [-0.39, 0.29) is 18.5 Å². The second kappa shape index (κ2) is 11.4. The van der Waals surface area contributed by atoms with Crippen molar-refractivity contribution in [3.05, 3.63) is 18.2 Å². The fourth-order valence-electron chi connectivity index (χ4n) is 3.98. The maximum atomic E-state index is 12.5. The molecule has 158 valence electrons. The average molecular weight is 413 g/mol. The first-order valence-electron chi connectivity index (χ1n) is 10.1. The molecular formula is C21H33ClN2O4. The summed E-state index contributed by atoms with van der Waals surface area (Å²) in [5, 5.41) is 3.38. The van der Waals surface area contributed by atoms with Crippen LogP contribution in [0.1, 0.15) is 38.5 Å². The SMILES string of the molecule is COc1cccc(OC)c1OC1CCN(C(=O)CCC2CCNCC2)CC1.Cl. The normalized spacial score (nSPS) is 18.3. The van der Waals surface area contributed by atoms with Gasteiger partial charge in [-0.1, -0.05) is 6.07 Å². The van der Waals surface area contributed by atoms with Crippen LogP contribution < -0.4 is 19.5 Å². The summed E-state index contributed by atoms with van der Waals surface area (Å²) in [6.07, 6.45) is 5.84. The van der Waals surface area contributed by atoms with E-state index in [1.807, 2.05) is 23.1 Å². The molecule has 1 aromatic rings. The van der Waals surface area contributed by atoms with Gasteiger partial charge in [-0.2, -0.15) is 0 Å². The number of amides is 1. The van der Waals surface area contributed by atoms with E-state index >= 15 is 0 Å². The molecule has 28 heavy (non-hydrogen) atoms. The number of ether oxygens (including phenoxy) is 3. The molecule has 0 aliphatic carbocycles. The lowest BCUT2D eigenvalue weighted by Crippen LogP contribution is -2.42. The van der Waals surface area contributed by atoms with E-state index in [2.05, 4.69) is 5.32 Å². The second-order valence-electron chi connectivity index (χ2n) is 7.42. The number of piperidine rings is 2. The van der Waals surface area contributed by atoms with E-state index < -0.39 is 0 Å². The number of likely N-dealkylation sites (tertiary alicyclic amines) is 1. The molecule has 3 rings (SSSR count). The number of nitrogens with one attached hydrogen (secondary N) is 1. The van der Waals surface area contributed by atoms with Crippen LogP contribution in [0.4, 0.5) is 0 Å². The van der Waals surface area contributed by atoms with Gasteiger partial charge in [0.25, 0.3) is 0 Å². The number of benzene rings is 1. The number of methoxy groups -OCH3 is 2. The van der Waals surface area contributed by atoms with Crippen LogP contribution in [0.15, 0.2) is 18.2 Å². The van der Waals surface area contributed by atoms with Gasteiger partial charge >= 0.3 is 0 Å². The smallest absolute Gasteiger partial charge is 0.222 e. The largest absolute Gasteiger partial charge is 0.493 e. The van der Waals surface area contributed by atoms with E-state index in [1.54, 1.807) is 14.2 Å². The Morgan fingerprint density at radius 1 is 1.07 bits per heavy atom. The standard InChI is InChI=1S/C21H32N2O4.ClH/c1-25-18-4-3-5-19(26-2)21(18)27-17-10-14-23(15-11-17)20(24)7-6-16-8-12-22-13-9-16;/h3-5,16-17,22H,6-15H2,1-2H3;1H. The predicted octanol–water partition coefficient (Wildman–Crippen LogP) is 3.28. The molecule has 0 bridgehead atoms. The quantitative estimate of drug-likeness (QED) is 0.744. The molecule has 2 fully saturated rings. The summed E-state index contributed by atoms with van der Waals surface area (Å²) in [6.45, 7) is 3.70. The summed E-state index contributed by atoms with van der Waals surface area (Å²) in [5.74, 6) is 3.00. The number of para-hydroxylation sites is 1. The summed E-state index contributed by atoms with van der Waals surface area (Å²) >= 11 is 0. The van der Waals surface area contributed by atoms with Crippen molar-refractivity contribution in [3.63, 3.8) is 0 Å². The Hall–Kier alpha value is -1.66. The molecule has 0 atom stereocenters. The van der Waals surface area contributed by atoms with Crippen LogP contribution in [0.25, 0.3) is 0 Å². The van der Waals surface area contributed by atoms with E-state index in [1.165, 1.54) is 12.8 Å². The van der Waals surface area contributed by atoms with Gasteiger partial charge in [-0.15, -0.1) is 12.4 Å². The highest BCUT2D eigenvalue weighted by atomic mass is 35.5.